The fourth-order valence-corrected chi connectivity index (χ4v) is 1.70. The average molecular weight is 155 g/mol. The molecule has 0 atom stereocenters. The predicted molar refractivity (Wildman–Crippen MR) is 45.6 cm³/mol. The van der Waals surface area contributed by atoms with Gasteiger partial charge in [0.15, 0.2) is 0 Å². The number of carbonyl (C=O) groups excluding carboxylic acids is 1. The molecular formula is C9H17NO. The molecule has 11 heavy (non-hydrogen) atoms. The van der Waals surface area contributed by atoms with Crippen LogP contribution in [-0.2, 0) is 4.79 Å². The molecule has 0 aromatic carbocycles. The number of nitrogens with one attached hydrogen (secondary N) is 1. The predicted octanol–water partition coefficient (Wildman–Crippen LogP) is 1.50. The molecule has 0 aromatic heterocycles. The Morgan fingerprint density at radius 1 is 1.18 bits per heavy atom. The summed E-state index contributed by atoms with van der Waals surface area (Å²) in [4.78, 5) is 10.1. The number of rotatable bonds is 3. The van der Waals surface area contributed by atoms with Gasteiger partial charge in [-0.3, -0.25) is 0 Å². The monoisotopic (exact) mass is 155 g/mol. The third-order valence-electron chi connectivity index (χ3n) is 2.35. The van der Waals surface area contributed by atoms with Gasteiger partial charge in [-0.05, 0) is 12.8 Å². The zero-order valence-electron chi connectivity index (χ0n) is 7.01. The first kappa shape index (κ1) is 8.72. The maximum Gasteiger partial charge on any atom is 0.133 e. The quantitative estimate of drug-likeness (QED) is 0.494. The van der Waals surface area contributed by atoms with Gasteiger partial charge in [0, 0.05) is 6.04 Å². The summed E-state index contributed by atoms with van der Waals surface area (Å²) in [5, 5.41) is 3.24. The fraction of sp³-hybridized carbons (Fsp3) is 0.889. The van der Waals surface area contributed by atoms with Gasteiger partial charge >= 0.3 is 0 Å². The molecule has 0 heterocycles. The highest BCUT2D eigenvalue weighted by Gasteiger charge is 2.09. The lowest BCUT2D eigenvalue weighted by Gasteiger charge is -2.13. The number of carbonyl (C=O) groups is 1. The summed E-state index contributed by atoms with van der Waals surface area (Å²) in [5.41, 5.74) is 0. The highest BCUT2D eigenvalue weighted by molar-refractivity contribution is 5.51. The Balaban J connectivity index is 2.14. The minimum Gasteiger partial charge on any atom is -0.307 e. The standard InChI is InChI=1S/C9H17NO/c11-8-7-10-9-5-3-1-2-4-6-9/h8-10H,1-7H2. The van der Waals surface area contributed by atoms with Crippen LogP contribution in [0, 0.1) is 0 Å². The Kier molecular flexibility index (Phi) is 4.21. The normalized spacial score (nSPS) is 21.1. The van der Waals surface area contributed by atoms with Crippen LogP contribution in [0.1, 0.15) is 38.5 Å². The lowest BCUT2D eigenvalue weighted by Crippen LogP contribution is -2.29. The van der Waals surface area contributed by atoms with E-state index in [-0.39, 0.29) is 0 Å². The second kappa shape index (κ2) is 5.30. The van der Waals surface area contributed by atoms with E-state index in [2.05, 4.69) is 5.32 Å². The van der Waals surface area contributed by atoms with E-state index in [1.807, 2.05) is 0 Å². The molecule has 64 valence electrons. The van der Waals surface area contributed by atoms with E-state index in [9.17, 15) is 4.79 Å². The lowest BCUT2D eigenvalue weighted by molar-refractivity contribution is -0.107. The van der Waals surface area contributed by atoms with E-state index in [4.69, 9.17) is 0 Å². The summed E-state index contributed by atoms with van der Waals surface area (Å²) in [6.45, 7) is 0.532. The summed E-state index contributed by atoms with van der Waals surface area (Å²) in [6.07, 6.45) is 8.87. The molecule has 0 unspecified atom stereocenters. The molecule has 1 aliphatic carbocycles. The molecule has 0 amide bonds. The molecule has 1 saturated carbocycles. The van der Waals surface area contributed by atoms with Crippen molar-refractivity contribution in [3.63, 3.8) is 0 Å². The summed E-state index contributed by atoms with van der Waals surface area (Å²) in [5.74, 6) is 0. The second-order valence-electron chi connectivity index (χ2n) is 3.26. The lowest BCUT2D eigenvalue weighted by atomic mass is 10.1. The van der Waals surface area contributed by atoms with E-state index in [0.29, 0.717) is 12.6 Å². The first-order valence-electron chi connectivity index (χ1n) is 4.60. The first-order valence-corrected chi connectivity index (χ1v) is 4.60. The van der Waals surface area contributed by atoms with Crippen LogP contribution in [0.3, 0.4) is 0 Å². The zero-order valence-corrected chi connectivity index (χ0v) is 7.01. The van der Waals surface area contributed by atoms with Gasteiger partial charge in [0.2, 0.25) is 0 Å². The maximum absolute atomic E-state index is 10.1. The molecule has 0 aliphatic heterocycles. The molecular weight excluding hydrogens is 138 g/mol. The van der Waals surface area contributed by atoms with Crippen molar-refractivity contribution in [1.82, 2.24) is 5.32 Å². The van der Waals surface area contributed by atoms with Crippen LogP contribution in [-0.4, -0.2) is 18.9 Å². The van der Waals surface area contributed by atoms with E-state index < -0.39 is 0 Å². The number of aldehydes is 1. The molecule has 0 radical (unpaired) electrons. The van der Waals surface area contributed by atoms with E-state index >= 15 is 0 Å². The molecule has 1 N–H and O–H groups in total. The maximum atomic E-state index is 10.1. The summed E-state index contributed by atoms with van der Waals surface area (Å²) in [6, 6.07) is 0.614. The molecule has 1 rings (SSSR count). The van der Waals surface area contributed by atoms with E-state index in [1.165, 1.54) is 38.5 Å². The average Bonchev–Trinajstić information content (AvgIpc) is 2.28. The molecule has 0 aromatic rings. The van der Waals surface area contributed by atoms with Gasteiger partial charge in [-0.25, -0.2) is 0 Å². The van der Waals surface area contributed by atoms with E-state index in [1.54, 1.807) is 0 Å². The fourth-order valence-electron chi connectivity index (χ4n) is 1.70. The van der Waals surface area contributed by atoms with Gasteiger partial charge < -0.3 is 10.1 Å². The largest absolute Gasteiger partial charge is 0.307 e. The van der Waals surface area contributed by atoms with Crippen LogP contribution in [0.15, 0.2) is 0 Å². The second-order valence-corrected chi connectivity index (χ2v) is 3.26. The smallest absolute Gasteiger partial charge is 0.133 e. The van der Waals surface area contributed by atoms with Crippen molar-refractivity contribution in [2.45, 2.75) is 44.6 Å². The Labute approximate surface area is 68.4 Å². The van der Waals surface area contributed by atoms with Gasteiger partial charge in [-0.15, -0.1) is 0 Å². The first-order chi connectivity index (χ1) is 5.43. The third-order valence-corrected chi connectivity index (χ3v) is 2.35. The van der Waals surface area contributed by atoms with Crippen LogP contribution < -0.4 is 5.32 Å². The summed E-state index contributed by atoms with van der Waals surface area (Å²) < 4.78 is 0. The van der Waals surface area contributed by atoms with Gasteiger partial charge in [0.1, 0.15) is 6.29 Å². The van der Waals surface area contributed by atoms with Crippen molar-refractivity contribution in [2.75, 3.05) is 6.54 Å². The van der Waals surface area contributed by atoms with Crippen molar-refractivity contribution < 1.29 is 4.79 Å². The van der Waals surface area contributed by atoms with Crippen LogP contribution in [0.25, 0.3) is 0 Å². The molecule has 1 fully saturated rings. The van der Waals surface area contributed by atoms with Crippen LogP contribution in [0.4, 0.5) is 0 Å². The molecule has 2 heteroatoms. The van der Waals surface area contributed by atoms with Crippen LogP contribution >= 0.6 is 0 Å². The van der Waals surface area contributed by atoms with Crippen molar-refractivity contribution >= 4 is 6.29 Å². The topological polar surface area (TPSA) is 29.1 Å². The Morgan fingerprint density at radius 3 is 2.36 bits per heavy atom. The highest BCUT2D eigenvalue weighted by Crippen LogP contribution is 2.16. The highest BCUT2D eigenvalue weighted by atomic mass is 16.1. The molecule has 0 spiro atoms. The molecule has 2 nitrogen and oxygen atoms in total. The minimum absolute atomic E-state index is 0.532. The van der Waals surface area contributed by atoms with Crippen molar-refractivity contribution in [3.05, 3.63) is 0 Å². The van der Waals surface area contributed by atoms with Crippen LogP contribution in [0.2, 0.25) is 0 Å². The molecule has 0 saturated heterocycles. The van der Waals surface area contributed by atoms with Gasteiger partial charge in [0.25, 0.3) is 0 Å². The Morgan fingerprint density at radius 2 is 1.82 bits per heavy atom. The Hall–Kier alpha value is -0.370. The van der Waals surface area contributed by atoms with Gasteiger partial charge in [-0.2, -0.15) is 0 Å². The third kappa shape index (κ3) is 3.51. The van der Waals surface area contributed by atoms with Crippen molar-refractivity contribution in [2.24, 2.45) is 0 Å². The summed E-state index contributed by atoms with van der Waals surface area (Å²) in [7, 11) is 0. The molecule has 1 aliphatic rings. The SMILES string of the molecule is O=CCNC1CCCCCC1. The van der Waals surface area contributed by atoms with Crippen molar-refractivity contribution in [1.29, 1.82) is 0 Å². The number of hydrogen-bond donors (Lipinski definition) is 1. The van der Waals surface area contributed by atoms with Crippen molar-refractivity contribution in [3.8, 4) is 0 Å². The Bertz CT molecular complexity index is 106. The number of hydrogen-bond acceptors (Lipinski definition) is 2. The summed E-state index contributed by atoms with van der Waals surface area (Å²) >= 11 is 0. The van der Waals surface area contributed by atoms with Crippen LogP contribution in [0.5, 0.6) is 0 Å². The van der Waals surface area contributed by atoms with Gasteiger partial charge in [0.05, 0.1) is 6.54 Å². The van der Waals surface area contributed by atoms with Gasteiger partial charge in [-0.1, -0.05) is 25.7 Å². The molecule has 0 bridgehead atoms. The van der Waals surface area contributed by atoms with E-state index in [0.717, 1.165) is 6.29 Å². The zero-order chi connectivity index (χ0) is 7.94. The minimum atomic E-state index is 0.532.